The highest BCUT2D eigenvalue weighted by atomic mass is 16.6. The third-order valence-electron chi connectivity index (χ3n) is 6.32. The average Bonchev–Trinajstić information content (AvgIpc) is 3.26. The fraction of sp³-hybridized carbons (Fsp3) is 0.320. The lowest BCUT2D eigenvalue weighted by atomic mass is 9.90. The highest BCUT2D eigenvalue weighted by Crippen LogP contribution is 2.34. The Labute approximate surface area is 192 Å². The van der Waals surface area contributed by atoms with Crippen molar-refractivity contribution in [1.82, 2.24) is 14.9 Å². The van der Waals surface area contributed by atoms with Gasteiger partial charge in [-0.2, -0.15) is 0 Å². The van der Waals surface area contributed by atoms with E-state index in [-0.39, 0.29) is 11.7 Å². The van der Waals surface area contributed by atoms with Gasteiger partial charge in [0.05, 0.1) is 22.3 Å². The zero-order valence-electron chi connectivity index (χ0n) is 18.4. The maximum Gasteiger partial charge on any atom is 0.287 e. The molecule has 5 rings (SSSR count). The number of para-hydroxylation sites is 1. The molecule has 8 nitrogen and oxygen atoms in total. The molecule has 0 amide bonds. The largest absolute Gasteiger partial charge is 0.369 e. The first-order chi connectivity index (χ1) is 16.2. The highest BCUT2D eigenvalue weighted by molar-refractivity contribution is 5.95. The van der Waals surface area contributed by atoms with Crippen molar-refractivity contribution in [3.05, 3.63) is 87.9 Å². The minimum Gasteiger partial charge on any atom is -0.369 e. The Balaban J connectivity index is 1.32. The lowest BCUT2D eigenvalue weighted by Gasteiger charge is -2.35. The van der Waals surface area contributed by atoms with Crippen molar-refractivity contribution >= 4 is 22.9 Å². The Morgan fingerprint density at radius 2 is 1.97 bits per heavy atom. The molecule has 0 spiro atoms. The summed E-state index contributed by atoms with van der Waals surface area (Å²) in [5, 5.41) is 14.2. The van der Waals surface area contributed by atoms with Crippen LogP contribution in [0.5, 0.6) is 0 Å². The molecule has 0 saturated carbocycles. The summed E-state index contributed by atoms with van der Waals surface area (Å²) in [5.74, 6) is 0.633. The molecule has 0 fully saturated rings. The van der Waals surface area contributed by atoms with Crippen LogP contribution in [0.1, 0.15) is 35.7 Å². The van der Waals surface area contributed by atoms with E-state index in [1.54, 1.807) is 6.07 Å². The molecular weight excluding hydrogens is 416 g/mol. The molecule has 2 aromatic heterocycles. The van der Waals surface area contributed by atoms with Crippen LogP contribution in [-0.4, -0.2) is 45.1 Å². The van der Waals surface area contributed by atoms with E-state index in [1.165, 1.54) is 34.8 Å². The van der Waals surface area contributed by atoms with Crippen LogP contribution < -0.4 is 5.32 Å². The molecule has 168 valence electrons. The number of hydrogen-bond donors (Lipinski definition) is 1. The second-order valence-corrected chi connectivity index (χ2v) is 8.50. The van der Waals surface area contributed by atoms with Crippen LogP contribution in [0, 0.1) is 10.1 Å². The van der Waals surface area contributed by atoms with Crippen LogP contribution in [0.2, 0.25) is 0 Å². The molecule has 0 saturated heterocycles. The van der Waals surface area contributed by atoms with Gasteiger partial charge in [0.25, 0.3) is 5.69 Å². The van der Waals surface area contributed by atoms with Gasteiger partial charge in [0.15, 0.2) is 0 Å². The average molecular weight is 443 g/mol. The number of nitrogens with one attached hydrogen (secondary N) is 1. The topological polar surface area (TPSA) is 96.6 Å². The Kier molecular flexibility index (Phi) is 6.08. The Morgan fingerprint density at radius 3 is 2.79 bits per heavy atom. The van der Waals surface area contributed by atoms with Crippen molar-refractivity contribution in [2.24, 2.45) is 4.99 Å². The number of nitro groups is 1. The molecule has 1 aliphatic heterocycles. The molecular formula is C25H26N6O2. The minimum atomic E-state index is -0.438. The van der Waals surface area contributed by atoms with E-state index in [9.17, 15) is 10.1 Å². The van der Waals surface area contributed by atoms with Crippen LogP contribution in [0.15, 0.2) is 65.9 Å². The molecule has 1 atom stereocenters. The number of rotatable bonds is 8. The Hall–Kier alpha value is -3.65. The summed E-state index contributed by atoms with van der Waals surface area (Å²) in [4.78, 5) is 26.7. The van der Waals surface area contributed by atoms with Gasteiger partial charge in [-0.3, -0.25) is 25.0 Å². The quantitative estimate of drug-likeness (QED) is 0.407. The number of fused-ring (bicyclic) bond motifs is 2. The van der Waals surface area contributed by atoms with Crippen LogP contribution in [0.3, 0.4) is 0 Å². The SMILES string of the molecule is O=[N+]([O-])c1ccc(NCCN(CC2=Nc3ccccc3C2)C2CCCc3cccnc32)nc1. The molecule has 1 unspecified atom stereocenters. The van der Waals surface area contributed by atoms with Crippen molar-refractivity contribution in [2.75, 3.05) is 25.0 Å². The van der Waals surface area contributed by atoms with Crippen LogP contribution in [0.4, 0.5) is 17.2 Å². The molecule has 1 aliphatic carbocycles. The Morgan fingerprint density at radius 1 is 1.09 bits per heavy atom. The van der Waals surface area contributed by atoms with Gasteiger partial charge >= 0.3 is 0 Å². The van der Waals surface area contributed by atoms with E-state index in [1.807, 2.05) is 18.3 Å². The monoisotopic (exact) mass is 442 g/mol. The van der Waals surface area contributed by atoms with Gasteiger partial charge in [0, 0.05) is 44.0 Å². The molecule has 3 aromatic rings. The summed E-state index contributed by atoms with van der Waals surface area (Å²) in [6, 6.07) is 15.9. The summed E-state index contributed by atoms with van der Waals surface area (Å²) in [6.07, 6.45) is 7.34. The van der Waals surface area contributed by atoms with Crippen LogP contribution in [0.25, 0.3) is 0 Å². The predicted molar refractivity (Wildman–Crippen MR) is 128 cm³/mol. The van der Waals surface area contributed by atoms with Crippen LogP contribution in [-0.2, 0) is 12.8 Å². The second kappa shape index (κ2) is 9.46. The lowest BCUT2D eigenvalue weighted by molar-refractivity contribution is -0.385. The van der Waals surface area contributed by atoms with Crippen molar-refractivity contribution < 1.29 is 4.92 Å². The highest BCUT2D eigenvalue weighted by Gasteiger charge is 2.28. The van der Waals surface area contributed by atoms with Gasteiger partial charge in [-0.15, -0.1) is 0 Å². The van der Waals surface area contributed by atoms with Gasteiger partial charge in [-0.05, 0) is 48.6 Å². The first kappa shape index (κ1) is 21.2. The van der Waals surface area contributed by atoms with Crippen molar-refractivity contribution in [3.8, 4) is 0 Å². The first-order valence-electron chi connectivity index (χ1n) is 11.3. The maximum absolute atomic E-state index is 10.9. The molecule has 0 radical (unpaired) electrons. The van der Waals surface area contributed by atoms with Gasteiger partial charge in [-0.1, -0.05) is 24.3 Å². The van der Waals surface area contributed by atoms with Crippen LogP contribution >= 0.6 is 0 Å². The smallest absolute Gasteiger partial charge is 0.287 e. The molecule has 3 heterocycles. The number of hydrogen-bond acceptors (Lipinski definition) is 7. The third-order valence-corrected chi connectivity index (χ3v) is 6.32. The molecule has 1 N–H and O–H groups in total. The van der Waals surface area contributed by atoms with E-state index < -0.39 is 4.92 Å². The van der Waals surface area contributed by atoms with Gasteiger partial charge in [-0.25, -0.2) is 4.98 Å². The third kappa shape index (κ3) is 4.75. The summed E-state index contributed by atoms with van der Waals surface area (Å²) < 4.78 is 0. The van der Waals surface area contributed by atoms with Crippen molar-refractivity contribution in [2.45, 2.75) is 31.7 Å². The number of aryl methyl sites for hydroxylation is 1. The maximum atomic E-state index is 10.9. The summed E-state index contributed by atoms with van der Waals surface area (Å²) in [5.41, 5.74) is 6.03. The molecule has 0 bridgehead atoms. The van der Waals surface area contributed by atoms with E-state index >= 15 is 0 Å². The number of pyridine rings is 2. The van der Waals surface area contributed by atoms with E-state index in [4.69, 9.17) is 9.98 Å². The predicted octanol–water partition coefficient (Wildman–Crippen LogP) is 4.51. The molecule has 33 heavy (non-hydrogen) atoms. The Bertz CT molecular complexity index is 1180. The first-order valence-corrected chi connectivity index (χ1v) is 11.3. The number of benzene rings is 1. The lowest BCUT2D eigenvalue weighted by Crippen LogP contribution is -2.39. The number of aliphatic imine (C=N–C) groups is 1. The van der Waals surface area contributed by atoms with E-state index in [2.05, 4.69) is 39.5 Å². The van der Waals surface area contributed by atoms with Gasteiger partial charge in [0.1, 0.15) is 12.0 Å². The second-order valence-electron chi connectivity index (χ2n) is 8.50. The molecule has 8 heteroatoms. The summed E-state index contributed by atoms with van der Waals surface area (Å²) in [6.45, 7) is 2.24. The van der Waals surface area contributed by atoms with E-state index in [0.29, 0.717) is 12.4 Å². The van der Waals surface area contributed by atoms with Crippen molar-refractivity contribution in [1.29, 1.82) is 0 Å². The number of aromatic nitrogens is 2. The number of anilines is 1. The van der Waals surface area contributed by atoms with Gasteiger partial charge < -0.3 is 5.32 Å². The fourth-order valence-corrected chi connectivity index (χ4v) is 4.74. The fourth-order valence-electron chi connectivity index (χ4n) is 4.74. The van der Waals surface area contributed by atoms with E-state index in [0.717, 1.165) is 44.5 Å². The normalized spacial score (nSPS) is 16.8. The van der Waals surface area contributed by atoms with Crippen molar-refractivity contribution in [3.63, 3.8) is 0 Å². The standard InChI is InChI=1S/C25H26N6O2/c32-31(33)21-10-11-24(28-16-21)26-13-14-30(17-20-15-19-5-1-2-8-22(19)29-20)23-9-3-6-18-7-4-12-27-25(18)23/h1-2,4-5,7-8,10-12,16,23H,3,6,9,13-15,17H2,(H,26,28). The summed E-state index contributed by atoms with van der Waals surface area (Å²) >= 11 is 0. The molecule has 1 aromatic carbocycles. The number of nitrogens with zero attached hydrogens (tertiary/aromatic N) is 5. The zero-order valence-corrected chi connectivity index (χ0v) is 18.4. The van der Waals surface area contributed by atoms with Gasteiger partial charge in [0.2, 0.25) is 0 Å². The zero-order chi connectivity index (χ0) is 22.6. The molecule has 2 aliphatic rings. The summed E-state index contributed by atoms with van der Waals surface area (Å²) in [7, 11) is 0. The minimum absolute atomic E-state index is 0.00845.